The standard InChI is InChI=1S/C48H35N5/c1-3-13-39-28-32(2)46-44(52(39)37-18-8-5-9-19-37)26-27-45-47(46)40-20-10-11-21-43(40)53(45)38-24-22-34(23-25-38)41-30-42(36-17-12-14-33(29-36)31-49)51-48(50-41)35-15-6-4-7-16-35/h3-30,32H,1-2H3/b13-3-. The fourth-order valence-corrected chi connectivity index (χ4v) is 7.72. The van der Waals surface area contributed by atoms with Crippen molar-refractivity contribution in [2.24, 2.45) is 0 Å². The number of allylic oxidation sites excluding steroid dienone is 3. The molecule has 0 saturated heterocycles. The average Bonchev–Trinajstić information content (AvgIpc) is 3.56. The van der Waals surface area contributed by atoms with Crippen molar-refractivity contribution in [2.75, 3.05) is 4.90 Å². The molecule has 5 nitrogen and oxygen atoms in total. The molecule has 53 heavy (non-hydrogen) atoms. The van der Waals surface area contributed by atoms with Crippen molar-refractivity contribution in [3.8, 4) is 45.7 Å². The zero-order valence-electron chi connectivity index (χ0n) is 29.5. The summed E-state index contributed by atoms with van der Waals surface area (Å²) in [4.78, 5) is 12.4. The van der Waals surface area contributed by atoms with Crippen LogP contribution in [0.2, 0.25) is 0 Å². The SMILES string of the molecule is C/C=C\C1=CC(C)c2c(ccc3c2c2ccccc2n3-c2ccc(-c3cc(-c4cccc(C#N)c4)nc(-c4ccccc4)n3)cc2)N1c1ccccc1. The fourth-order valence-electron chi connectivity index (χ4n) is 7.72. The first-order valence-electron chi connectivity index (χ1n) is 17.9. The van der Waals surface area contributed by atoms with Gasteiger partial charge in [0.05, 0.1) is 39.7 Å². The van der Waals surface area contributed by atoms with E-state index in [0.717, 1.165) is 39.5 Å². The molecule has 1 aliphatic heterocycles. The van der Waals surface area contributed by atoms with E-state index in [4.69, 9.17) is 9.97 Å². The number of nitrogens with zero attached hydrogens (tertiary/aromatic N) is 5. The first-order valence-corrected chi connectivity index (χ1v) is 17.9. The topological polar surface area (TPSA) is 57.7 Å². The summed E-state index contributed by atoms with van der Waals surface area (Å²) < 4.78 is 2.38. The quantitative estimate of drug-likeness (QED) is 0.175. The predicted molar refractivity (Wildman–Crippen MR) is 217 cm³/mol. The number of aromatic nitrogens is 3. The molecule has 2 aromatic heterocycles. The zero-order chi connectivity index (χ0) is 35.9. The van der Waals surface area contributed by atoms with Crippen molar-refractivity contribution in [3.05, 3.63) is 187 Å². The lowest BCUT2D eigenvalue weighted by Crippen LogP contribution is -2.21. The van der Waals surface area contributed by atoms with Gasteiger partial charge in [-0.05, 0) is 79.2 Å². The lowest BCUT2D eigenvalue weighted by atomic mass is 9.89. The molecule has 0 radical (unpaired) electrons. The highest BCUT2D eigenvalue weighted by Crippen LogP contribution is 2.48. The van der Waals surface area contributed by atoms with Crippen LogP contribution < -0.4 is 4.90 Å². The van der Waals surface area contributed by atoms with Gasteiger partial charge in [-0.2, -0.15) is 5.26 Å². The molecule has 1 unspecified atom stereocenters. The molecule has 0 N–H and O–H groups in total. The van der Waals surface area contributed by atoms with E-state index < -0.39 is 0 Å². The number of para-hydroxylation sites is 2. The Bertz CT molecular complexity index is 2750. The first kappa shape index (κ1) is 31.9. The largest absolute Gasteiger partial charge is 0.310 e. The van der Waals surface area contributed by atoms with Crippen LogP contribution in [0.3, 0.4) is 0 Å². The second kappa shape index (κ2) is 13.3. The normalized spacial score (nSPS) is 14.0. The Kier molecular flexibility index (Phi) is 7.99. The van der Waals surface area contributed by atoms with Gasteiger partial charge in [-0.25, -0.2) is 9.97 Å². The van der Waals surface area contributed by atoms with Crippen LogP contribution >= 0.6 is 0 Å². The number of fused-ring (bicyclic) bond motifs is 5. The Balaban J connectivity index is 1.19. The minimum Gasteiger partial charge on any atom is -0.310 e. The van der Waals surface area contributed by atoms with Gasteiger partial charge in [0.2, 0.25) is 0 Å². The maximum Gasteiger partial charge on any atom is 0.160 e. The third-order valence-electron chi connectivity index (χ3n) is 10.0. The highest BCUT2D eigenvalue weighted by atomic mass is 15.2. The van der Waals surface area contributed by atoms with Gasteiger partial charge in [0.25, 0.3) is 0 Å². The predicted octanol–water partition coefficient (Wildman–Crippen LogP) is 12.2. The van der Waals surface area contributed by atoms with Crippen LogP contribution in [0.15, 0.2) is 176 Å². The summed E-state index contributed by atoms with van der Waals surface area (Å²) in [5, 5.41) is 12.1. The third kappa shape index (κ3) is 5.58. The second-order valence-electron chi connectivity index (χ2n) is 13.4. The molecule has 6 aromatic carbocycles. The average molecular weight is 682 g/mol. The van der Waals surface area contributed by atoms with Crippen LogP contribution in [0.25, 0.3) is 61.4 Å². The zero-order valence-corrected chi connectivity index (χ0v) is 29.5. The van der Waals surface area contributed by atoms with Crippen molar-refractivity contribution in [2.45, 2.75) is 19.8 Å². The van der Waals surface area contributed by atoms with Crippen molar-refractivity contribution in [1.29, 1.82) is 5.26 Å². The van der Waals surface area contributed by atoms with Crippen LogP contribution in [0.1, 0.15) is 30.9 Å². The van der Waals surface area contributed by atoms with E-state index >= 15 is 0 Å². The molecule has 8 aromatic rings. The number of nitriles is 1. The van der Waals surface area contributed by atoms with E-state index in [0.29, 0.717) is 11.4 Å². The molecule has 9 rings (SSSR count). The third-order valence-corrected chi connectivity index (χ3v) is 10.0. The van der Waals surface area contributed by atoms with Gasteiger partial charge < -0.3 is 9.47 Å². The van der Waals surface area contributed by atoms with Gasteiger partial charge in [0.1, 0.15) is 0 Å². The second-order valence-corrected chi connectivity index (χ2v) is 13.4. The molecule has 0 amide bonds. The van der Waals surface area contributed by atoms with Gasteiger partial charge >= 0.3 is 0 Å². The van der Waals surface area contributed by atoms with Crippen LogP contribution in [0.5, 0.6) is 0 Å². The monoisotopic (exact) mass is 681 g/mol. The Hall–Kier alpha value is -7.03. The van der Waals surface area contributed by atoms with Crippen LogP contribution in [0, 0.1) is 11.3 Å². The minimum absolute atomic E-state index is 0.209. The van der Waals surface area contributed by atoms with E-state index in [1.165, 1.54) is 38.8 Å². The molecule has 3 heterocycles. The van der Waals surface area contributed by atoms with E-state index in [-0.39, 0.29) is 5.92 Å². The van der Waals surface area contributed by atoms with E-state index in [1.54, 1.807) is 0 Å². The van der Waals surface area contributed by atoms with E-state index in [2.05, 4.69) is 139 Å². The van der Waals surface area contributed by atoms with E-state index in [9.17, 15) is 5.26 Å². The van der Waals surface area contributed by atoms with Crippen molar-refractivity contribution < 1.29 is 0 Å². The Morgan fingerprint density at radius 1 is 0.642 bits per heavy atom. The molecular formula is C48H35N5. The maximum absolute atomic E-state index is 9.58. The smallest absolute Gasteiger partial charge is 0.160 e. The summed E-state index contributed by atoms with van der Waals surface area (Å²) in [6.07, 6.45) is 6.70. The van der Waals surface area contributed by atoms with Crippen LogP contribution in [-0.2, 0) is 0 Å². The van der Waals surface area contributed by atoms with E-state index in [1.807, 2.05) is 60.7 Å². The van der Waals surface area contributed by atoms with Crippen LogP contribution in [-0.4, -0.2) is 14.5 Å². The number of hydrogen-bond acceptors (Lipinski definition) is 4. The van der Waals surface area contributed by atoms with Gasteiger partial charge in [0, 0.05) is 50.5 Å². The van der Waals surface area contributed by atoms with Crippen molar-refractivity contribution in [3.63, 3.8) is 0 Å². The molecule has 0 fully saturated rings. The Labute approximate surface area is 309 Å². The molecule has 0 saturated carbocycles. The van der Waals surface area contributed by atoms with Crippen molar-refractivity contribution >= 4 is 33.2 Å². The van der Waals surface area contributed by atoms with Gasteiger partial charge in [-0.1, -0.05) is 110 Å². The molecule has 0 aliphatic carbocycles. The van der Waals surface area contributed by atoms with Gasteiger partial charge in [-0.3, -0.25) is 0 Å². The fraction of sp³-hybridized carbons (Fsp3) is 0.0625. The summed E-state index contributed by atoms with van der Waals surface area (Å²) in [5.74, 6) is 0.850. The number of hydrogen-bond donors (Lipinski definition) is 0. The highest BCUT2D eigenvalue weighted by Gasteiger charge is 2.28. The molecule has 1 aliphatic rings. The summed E-state index contributed by atoms with van der Waals surface area (Å²) >= 11 is 0. The Morgan fingerprint density at radius 2 is 1.34 bits per heavy atom. The van der Waals surface area contributed by atoms with Crippen LogP contribution in [0.4, 0.5) is 11.4 Å². The summed E-state index contributed by atoms with van der Waals surface area (Å²) in [6.45, 7) is 4.38. The molecule has 1 atom stereocenters. The molecule has 5 heteroatoms. The number of rotatable bonds is 6. The molecule has 0 spiro atoms. The lowest BCUT2D eigenvalue weighted by Gasteiger charge is -2.34. The highest BCUT2D eigenvalue weighted by molar-refractivity contribution is 6.13. The maximum atomic E-state index is 9.58. The Morgan fingerprint density at radius 3 is 2.09 bits per heavy atom. The molecular weight excluding hydrogens is 647 g/mol. The first-order chi connectivity index (χ1) is 26.1. The summed E-state index contributed by atoms with van der Waals surface area (Å²) in [5.41, 5.74) is 13.3. The minimum atomic E-state index is 0.209. The summed E-state index contributed by atoms with van der Waals surface area (Å²) in [6, 6.07) is 54.5. The number of benzene rings is 6. The lowest BCUT2D eigenvalue weighted by molar-refractivity contribution is 0.924. The van der Waals surface area contributed by atoms with Crippen molar-refractivity contribution in [1.82, 2.24) is 14.5 Å². The summed E-state index contributed by atoms with van der Waals surface area (Å²) in [7, 11) is 0. The molecule has 252 valence electrons. The number of anilines is 2. The van der Waals surface area contributed by atoms with Gasteiger partial charge in [0.15, 0.2) is 5.82 Å². The molecule has 0 bridgehead atoms. The van der Waals surface area contributed by atoms with Gasteiger partial charge in [-0.15, -0.1) is 0 Å².